The SMILES string of the molecule is CCCC(N)C(CC)N1C(=O)c2ccccc2C1=O. The van der Waals surface area contributed by atoms with Crippen molar-refractivity contribution in [2.45, 2.75) is 45.2 Å². The van der Waals surface area contributed by atoms with E-state index >= 15 is 0 Å². The van der Waals surface area contributed by atoms with E-state index in [9.17, 15) is 9.59 Å². The Morgan fingerprint density at radius 3 is 2.05 bits per heavy atom. The van der Waals surface area contributed by atoms with Crippen LogP contribution in [0.15, 0.2) is 24.3 Å². The third kappa shape index (κ3) is 2.28. The highest BCUT2D eigenvalue weighted by Crippen LogP contribution is 2.27. The highest BCUT2D eigenvalue weighted by Gasteiger charge is 2.40. The molecule has 1 aromatic rings. The lowest BCUT2D eigenvalue weighted by Crippen LogP contribution is -2.50. The minimum Gasteiger partial charge on any atom is -0.326 e. The van der Waals surface area contributed by atoms with E-state index in [4.69, 9.17) is 5.73 Å². The van der Waals surface area contributed by atoms with Crippen LogP contribution in [0, 0.1) is 0 Å². The van der Waals surface area contributed by atoms with E-state index in [-0.39, 0.29) is 23.9 Å². The number of nitrogens with two attached hydrogens (primary N) is 1. The van der Waals surface area contributed by atoms with Gasteiger partial charge in [-0.05, 0) is 25.0 Å². The van der Waals surface area contributed by atoms with E-state index in [1.807, 2.05) is 6.92 Å². The van der Waals surface area contributed by atoms with Crippen molar-refractivity contribution in [3.8, 4) is 0 Å². The molecular weight excluding hydrogens is 240 g/mol. The lowest BCUT2D eigenvalue weighted by Gasteiger charge is -2.30. The van der Waals surface area contributed by atoms with Gasteiger partial charge in [0.25, 0.3) is 11.8 Å². The highest BCUT2D eigenvalue weighted by atomic mass is 16.2. The van der Waals surface area contributed by atoms with Crippen molar-refractivity contribution in [2.75, 3.05) is 0 Å². The third-order valence-electron chi connectivity index (χ3n) is 3.69. The summed E-state index contributed by atoms with van der Waals surface area (Å²) in [5.74, 6) is -0.419. The van der Waals surface area contributed by atoms with Gasteiger partial charge in [-0.3, -0.25) is 14.5 Å². The van der Waals surface area contributed by atoms with Gasteiger partial charge in [0.2, 0.25) is 0 Å². The molecule has 2 rings (SSSR count). The number of hydrogen-bond acceptors (Lipinski definition) is 3. The zero-order valence-corrected chi connectivity index (χ0v) is 11.4. The Morgan fingerprint density at radius 2 is 1.63 bits per heavy atom. The Labute approximate surface area is 113 Å². The molecule has 0 saturated heterocycles. The number of imide groups is 1. The van der Waals surface area contributed by atoms with Gasteiger partial charge >= 0.3 is 0 Å². The van der Waals surface area contributed by atoms with Crippen LogP contribution in [0.4, 0.5) is 0 Å². The maximum atomic E-state index is 12.4. The van der Waals surface area contributed by atoms with Crippen LogP contribution in [0.25, 0.3) is 0 Å². The molecular formula is C15H20N2O2. The molecule has 2 N–H and O–H groups in total. The van der Waals surface area contributed by atoms with Crippen LogP contribution in [0.2, 0.25) is 0 Å². The predicted octanol–water partition coefficient (Wildman–Crippen LogP) is 2.19. The zero-order chi connectivity index (χ0) is 14.0. The first kappa shape index (κ1) is 13.7. The van der Waals surface area contributed by atoms with Gasteiger partial charge in [0, 0.05) is 6.04 Å². The van der Waals surface area contributed by atoms with Crippen LogP contribution < -0.4 is 5.73 Å². The molecule has 102 valence electrons. The summed E-state index contributed by atoms with van der Waals surface area (Å²) in [6.07, 6.45) is 2.44. The molecule has 0 aromatic heterocycles. The molecule has 2 atom stereocenters. The van der Waals surface area contributed by atoms with Gasteiger partial charge in [0.1, 0.15) is 0 Å². The van der Waals surface area contributed by atoms with Gasteiger partial charge in [-0.1, -0.05) is 32.4 Å². The number of carbonyl (C=O) groups excluding carboxylic acids is 2. The normalized spacial score (nSPS) is 17.5. The number of carbonyl (C=O) groups is 2. The average molecular weight is 260 g/mol. The standard InChI is InChI=1S/C15H20N2O2/c1-3-7-12(16)13(4-2)17-14(18)10-8-5-6-9-11(10)15(17)19/h5-6,8-9,12-13H,3-4,7,16H2,1-2H3. The maximum Gasteiger partial charge on any atom is 0.261 e. The summed E-state index contributed by atoms with van der Waals surface area (Å²) in [6, 6.07) is 6.59. The molecule has 1 heterocycles. The molecule has 1 aliphatic rings. The molecule has 1 aromatic carbocycles. The van der Waals surface area contributed by atoms with Crippen molar-refractivity contribution in [3.63, 3.8) is 0 Å². The van der Waals surface area contributed by atoms with Crippen molar-refractivity contribution < 1.29 is 9.59 Å². The largest absolute Gasteiger partial charge is 0.326 e. The highest BCUT2D eigenvalue weighted by molar-refractivity contribution is 6.21. The Hall–Kier alpha value is -1.68. The van der Waals surface area contributed by atoms with E-state index in [2.05, 4.69) is 6.92 Å². The van der Waals surface area contributed by atoms with Crippen LogP contribution in [-0.2, 0) is 0 Å². The fourth-order valence-electron chi connectivity index (χ4n) is 2.71. The van der Waals surface area contributed by atoms with Crippen LogP contribution in [0.1, 0.15) is 53.8 Å². The minimum absolute atomic E-state index is 0.155. The van der Waals surface area contributed by atoms with Gasteiger partial charge in [0.05, 0.1) is 17.2 Å². The number of rotatable bonds is 5. The molecule has 1 aliphatic heterocycles. The first-order chi connectivity index (χ1) is 9.11. The summed E-state index contributed by atoms with van der Waals surface area (Å²) in [4.78, 5) is 26.1. The van der Waals surface area contributed by atoms with Gasteiger partial charge in [0.15, 0.2) is 0 Å². The zero-order valence-electron chi connectivity index (χ0n) is 11.4. The summed E-state index contributed by atoms with van der Waals surface area (Å²) < 4.78 is 0. The molecule has 0 spiro atoms. The van der Waals surface area contributed by atoms with Gasteiger partial charge < -0.3 is 5.73 Å². The Bertz CT molecular complexity index is 464. The van der Waals surface area contributed by atoms with Crippen molar-refractivity contribution >= 4 is 11.8 Å². The smallest absolute Gasteiger partial charge is 0.261 e. The molecule has 2 unspecified atom stereocenters. The topological polar surface area (TPSA) is 63.4 Å². The van der Waals surface area contributed by atoms with Crippen LogP contribution in [0.3, 0.4) is 0 Å². The lowest BCUT2D eigenvalue weighted by molar-refractivity contribution is 0.0552. The fourth-order valence-corrected chi connectivity index (χ4v) is 2.71. The number of benzene rings is 1. The molecule has 0 fully saturated rings. The molecule has 0 bridgehead atoms. The summed E-state index contributed by atoms with van der Waals surface area (Å²) in [5.41, 5.74) is 7.12. The second-order valence-electron chi connectivity index (χ2n) is 4.95. The van der Waals surface area contributed by atoms with Crippen molar-refractivity contribution in [2.24, 2.45) is 5.73 Å². The summed E-state index contributed by atoms with van der Waals surface area (Å²) in [7, 11) is 0. The maximum absolute atomic E-state index is 12.4. The first-order valence-electron chi connectivity index (χ1n) is 6.84. The summed E-state index contributed by atoms with van der Waals surface area (Å²) >= 11 is 0. The average Bonchev–Trinajstić information content (AvgIpc) is 2.66. The molecule has 4 heteroatoms. The van der Waals surface area contributed by atoms with E-state index < -0.39 is 0 Å². The molecule has 4 nitrogen and oxygen atoms in total. The third-order valence-corrected chi connectivity index (χ3v) is 3.69. The van der Waals surface area contributed by atoms with Crippen LogP contribution >= 0.6 is 0 Å². The Balaban J connectivity index is 2.32. The monoisotopic (exact) mass is 260 g/mol. The molecule has 0 radical (unpaired) electrons. The van der Waals surface area contributed by atoms with Crippen molar-refractivity contribution in [3.05, 3.63) is 35.4 Å². The Morgan fingerprint density at radius 1 is 1.11 bits per heavy atom. The van der Waals surface area contributed by atoms with Crippen molar-refractivity contribution in [1.29, 1.82) is 0 Å². The predicted molar refractivity (Wildman–Crippen MR) is 73.9 cm³/mol. The van der Waals surface area contributed by atoms with Crippen LogP contribution in [0.5, 0.6) is 0 Å². The molecule has 0 saturated carbocycles. The van der Waals surface area contributed by atoms with Crippen molar-refractivity contribution in [1.82, 2.24) is 4.90 Å². The molecule has 19 heavy (non-hydrogen) atoms. The van der Waals surface area contributed by atoms with E-state index in [1.165, 1.54) is 4.90 Å². The lowest BCUT2D eigenvalue weighted by atomic mass is 10.0. The summed E-state index contributed by atoms with van der Waals surface area (Å²) in [5, 5.41) is 0. The Kier molecular flexibility index (Phi) is 4.00. The van der Waals surface area contributed by atoms with E-state index in [1.54, 1.807) is 24.3 Å². The van der Waals surface area contributed by atoms with E-state index in [0.29, 0.717) is 17.5 Å². The number of hydrogen-bond donors (Lipinski definition) is 1. The summed E-state index contributed by atoms with van der Waals surface area (Å²) in [6.45, 7) is 4.01. The van der Waals surface area contributed by atoms with Gasteiger partial charge in [-0.2, -0.15) is 0 Å². The van der Waals surface area contributed by atoms with Crippen LogP contribution in [-0.4, -0.2) is 28.8 Å². The van der Waals surface area contributed by atoms with E-state index in [0.717, 1.165) is 12.8 Å². The quantitative estimate of drug-likeness (QED) is 0.825. The molecule has 0 aliphatic carbocycles. The van der Waals surface area contributed by atoms with Gasteiger partial charge in [-0.15, -0.1) is 0 Å². The molecule has 2 amide bonds. The minimum atomic E-state index is -0.215. The number of nitrogens with zero attached hydrogens (tertiary/aromatic N) is 1. The second kappa shape index (κ2) is 5.53. The fraction of sp³-hybridized carbons (Fsp3) is 0.467. The van der Waals surface area contributed by atoms with Gasteiger partial charge in [-0.25, -0.2) is 0 Å². The number of amides is 2. The second-order valence-corrected chi connectivity index (χ2v) is 4.95. The number of fused-ring (bicyclic) bond motifs is 1. The first-order valence-corrected chi connectivity index (χ1v) is 6.84.